The van der Waals surface area contributed by atoms with Gasteiger partial charge in [-0.25, -0.2) is 10.4 Å². The average molecular weight is 422 g/mol. The molecule has 0 saturated heterocycles. The number of fused-ring (bicyclic) bond motifs is 3. The zero-order valence-electron chi connectivity index (χ0n) is 18.1. The molecule has 1 aliphatic heterocycles. The van der Waals surface area contributed by atoms with Crippen LogP contribution in [-0.4, -0.2) is 39.2 Å². The number of nitrogens with one attached hydrogen (secondary N) is 1. The number of nitrogens with zero attached hydrogens (tertiary/aromatic N) is 4. The van der Waals surface area contributed by atoms with Crippen LogP contribution in [0.4, 0.5) is 5.82 Å². The van der Waals surface area contributed by atoms with E-state index < -0.39 is 0 Å². The summed E-state index contributed by atoms with van der Waals surface area (Å²) in [6.07, 6.45) is 7.52. The standard InChI is InChI=1S/C23H27N5O3/c1-4-5-18(26-25-14-30)16-6-7-24-21(17(16)13-29)28-9-8-27-19(22(28)31)10-15-11-23(2,3)12-20(15)27/h4-7,10,14,29H,8-9,11-13H2,1-3H3,(H,25,30)/b5-4-,26-18+. The van der Waals surface area contributed by atoms with Crippen LogP contribution < -0.4 is 10.3 Å². The molecule has 2 aromatic rings. The molecular formula is C23H27N5O3. The Morgan fingerprint density at radius 1 is 1.35 bits per heavy atom. The van der Waals surface area contributed by atoms with Crippen LogP contribution in [0.5, 0.6) is 0 Å². The predicted molar refractivity (Wildman–Crippen MR) is 118 cm³/mol. The number of hydrogen-bond acceptors (Lipinski definition) is 5. The predicted octanol–water partition coefficient (Wildman–Crippen LogP) is 2.19. The molecule has 8 heteroatoms. The molecule has 0 aromatic carbocycles. The van der Waals surface area contributed by atoms with Gasteiger partial charge in [-0.15, -0.1) is 0 Å². The number of aliphatic hydroxyl groups is 1. The van der Waals surface area contributed by atoms with E-state index in [1.165, 1.54) is 11.3 Å². The van der Waals surface area contributed by atoms with Crippen molar-refractivity contribution in [3.05, 3.63) is 58.6 Å². The van der Waals surface area contributed by atoms with Crippen LogP contribution >= 0.6 is 0 Å². The Morgan fingerprint density at radius 3 is 2.87 bits per heavy atom. The van der Waals surface area contributed by atoms with Gasteiger partial charge in [0.25, 0.3) is 5.91 Å². The molecular weight excluding hydrogens is 394 g/mol. The second-order valence-corrected chi connectivity index (χ2v) is 8.69. The smallest absolute Gasteiger partial charge is 0.276 e. The third kappa shape index (κ3) is 3.67. The molecule has 2 aromatic heterocycles. The maximum Gasteiger partial charge on any atom is 0.276 e. The second kappa shape index (κ2) is 8.11. The van der Waals surface area contributed by atoms with Crippen molar-refractivity contribution in [1.29, 1.82) is 0 Å². The zero-order chi connectivity index (χ0) is 22.2. The maximum absolute atomic E-state index is 13.4. The average Bonchev–Trinajstić information content (AvgIpc) is 3.23. The van der Waals surface area contributed by atoms with Crippen LogP contribution in [0.25, 0.3) is 0 Å². The van der Waals surface area contributed by atoms with Crippen molar-refractivity contribution >= 4 is 23.8 Å². The van der Waals surface area contributed by atoms with Gasteiger partial charge in [0.2, 0.25) is 6.41 Å². The fourth-order valence-electron chi connectivity index (χ4n) is 4.66. The monoisotopic (exact) mass is 421 g/mol. The summed E-state index contributed by atoms with van der Waals surface area (Å²) < 4.78 is 2.14. The van der Waals surface area contributed by atoms with Crippen LogP contribution in [0.3, 0.4) is 0 Å². The molecule has 0 radical (unpaired) electrons. The molecule has 4 rings (SSSR count). The van der Waals surface area contributed by atoms with E-state index in [0.717, 1.165) is 12.8 Å². The van der Waals surface area contributed by atoms with Crippen LogP contribution in [-0.2, 0) is 30.8 Å². The topological polar surface area (TPSA) is 99.8 Å². The van der Waals surface area contributed by atoms with Gasteiger partial charge in [0.1, 0.15) is 11.5 Å². The van der Waals surface area contributed by atoms with Crippen LogP contribution in [0, 0.1) is 5.41 Å². The van der Waals surface area contributed by atoms with Crippen molar-refractivity contribution in [2.24, 2.45) is 10.5 Å². The van der Waals surface area contributed by atoms with Crippen LogP contribution in [0.1, 0.15) is 53.6 Å². The lowest BCUT2D eigenvalue weighted by molar-refractivity contribution is -0.109. The van der Waals surface area contributed by atoms with Gasteiger partial charge in [-0.2, -0.15) is 5.10 Å². The number of allylic oxidation sites excluding steroid dienone is 2. The van der Waals surface area contributed by atoms with Crippen molar-refractivity contribution < 1.29 is 14.7 Å². The molecule has 0 spiro atoms. The number of rotatable bonds is 6. The number of amides is 2. The maximum atomic E-state index is 13.4. The summed E-state index contributed by atoms with van der Waals surface area (Å²) in [5, 5.41) is 14.2. The highest BCUT2D eigenvalue weighted by atomic mass is 16.3. The number of pyridine rings is 1. The first-order valence-corrected chi connectivity index (χ1v) is 10.4. The molecule has 0 unspecified atom stereocenters. The Labute approximate surface area is 181 Å². The Balaban J connectivity index is 1.73. The highest BCUT2D eigenvalue weighted by Crippen LogP contribution is 2.39. The molecule has 8 nitrogen and oxygen atoms in total. The van der Waals surface area contributed by atoms with Crippen LogP contribution in [0.2, 0.25) is 0 Å². The van der Waals surface area contributed by atoms with Gasteiger partial charge in [-0.05, 0) is 49.0 Å². The number of aliphatic hydroxyl groups excluding tert-OH is 1. The van der Waals surface area contributed by atoms with Crippen molar-refractivity contribution in [3.63, 3.8) is 0 Å². The minimum absolute atomic E-state index is 0.117. The third-order valence-electron chi connectivity index (χ3n) is 5.91. The quantitative estimate of drug-likeness (QED) is 0.424. The molecule has 2 aliphatic rings. The molecule has 0 saturated carbocycles. The molecule has 2 N–H and O–H groups in total. The summed E-state index contributed by atoms with van der Waals surface area (Å²) in [7, 11) is 0. The number of anilines is 1. The van der Waals surface area contributed by atoms with Gasteiger partial charge in [0.15, 0.2) is 0 Å². The Kier molecular flexibility index (Phi) is 5.49. The zero-order valence-corrected chi connectivity index (χ0v) is 18.1. The summed E-state index contributed by atoms with van der Waals surface area (Å²) >= 11 is 0. The second-order valence-electron chi connectivity index (χ2n) is 8.69. The first-order valence-electron chi connectivity index (χ1n) is 10.4. The first kappa shape index (κ1) is 21.0. The SMILES string of the molecule is C/C=C\C(=N/NC=O)c1ccnc(N2CCn3c(cc4c3CC(C)(C)C4)C2=O)c1CO. The van der Waals surface area contributed by atoms with Crippen molar-refractivity contribution in [1.82, 2.24) is 15.0 Å². The lowest BCUT2D eigenvalue weighted by Crippen LogP contribution is -2.42. The van der Waals surface area contributed by atoms with E-state index in [0.29, 0.717) is 47.8 Å². The van der Waals surface area contributed by atoms with Crippen molar-refractivity contribution in [2.45, 2.75) is 46.8 Å². The lowest BCUT2D eigenvalue weighted by atomic mass is 9.90. The number of hydrazone groups is 1. The van der Waals surface area contributed by atoms with Gasteiger partial charge in [0.05, 0.1) is 12.3 Å². The molecule has 0 bridgehead atoms. The van der Waals surface area contributed by atoms with E-state index in [-0.39, 0.29) is 17.9 Å². The summed E-state index contributed by atoms with van der Waals surface area (Å²) in [5.74, 6) is 0.301. The van der Waals surface area contributed by atoms with Gasteiger partial charge in [-0.1, -0.05) is 19.9 Å². The molecule has 1 aliphatic carbocycles. The fraction of sp³-hybridized carbons (Fsp3) is 0.391. The van der Waals surface area contributed by atoms with Gasteiger partial charge in [0, 0.05) is 36.1 Å². The van der Waals surface area contributed by atoms with E-state index in [9.17, 15) is 14.7 Å². The molecule has 0 fully saturated rings. The molecule has 0 atom stereocenters. The van der Waals surface area contributed by atoms with E-state index in [4.69, 9.17) is 0 Å². The highest BCUT2D eigenvalue weighted by molar-refractivity contribution is 6.12. The van der Waals surface area contributed by atoms with Gasteiger partial charge < -0.3 is 9.67 Å². The lowest BCUT2D eigenvalue weighted by Gasteiger charge is -2.30. The summed E-state index contributed by atoms with van der Waals surface area (Å²) in [5.41, 5.74) is 7.29. The first-order chi connectivity index (χ1) is 14.9. The van der Waals surface area contributed by atoms with E-state index >= 15 is 0 Å². The largest absolute Gasteiger partial charge is 0.392 e. The molecule has 3 heterocycles. The minimum atomic E-state index is -0.314. The summed E-state index contributed by atoms with van der Waals surface area (Å²) in [6, 6.07) is 3.73. The van der Waals surface area contributed by atoms with Gasteiger partial charge >= 0.3 is 0 Å². The van der Waals surface area contributed by atoms with E-state index in [1.54, 1.807) is 29.3 Å². The fourth-order valence-corrected chi connectivity index (χ4v) is 4.66. The summed E-state index contributed by atoms with van der Waals surface area (Å²) in [4.78, 5) is 30.2. The van der Waals surface area contributed by atoms with Crippen molar-refractivity contribution in [3.8, 4) is 0 Å². The normalized spacial score (nSPS) is 17.7. The Bertz CT molecular complexity index is 1100. The Morgan fingerprint density at radius 2 is 2.16 bits per heavy atom. The number of carbonyl (C=O) groups excluding carboxylic acids is 2. The third-order valence-corrected chi connectivity index (χ3v) is 5.91. The molecule has 31 heavy (non-hydrogen) atoms. The summed E-state index contributed by atoms with van der Waals surface area (Å²) in [6.45, 7) is 7.18. The van der Waals surface area contributed by atoms with Crippen LogP contribution in [0.15, 0.2) is 35.6 Å². The van der Waals surface area contributed by atoms with E-state index in [1.807, 2.05) is 13.0 Å². The van der Waals surface area contributed by atoms with Gasteiger partial charge in [-0.3, -0.25) is 14.5 Å². The molecule has 2 amide bonds. The number of carbonyl (C=O) groups is 2. The Hall–Kier alpha value is -3.26. The number of aromatic nitrogens is 2. The number of hydrogen-bond donors (Lipinski definition) is 2. The highest BCUT2D eigenvalue weighted by Gasteiger charge is 2.37. The van der Waals surface area contributed by atoms with Crippen molar-refractivity contribution in [2.75, 3.05) is 11.4 Å². The van der Waals surface area contributed by atoms with E-state index in [2.05, 4.69) is 33.9 Å². The minimum Gasteiger partial charge on any atom is -0.392 e. The molecule has 162 valence electrons.